The lowest BCUT2D eigenvalue weighted by Crippen LogP contribution is -2.65. The van der Waals surface area contributed by atoms with Crippen LogP contribution in [0.2, 0.25) is 0 Å². The number of carbonyl (C=O) groups is 1. The maximum absolute atomic E-state index is 12.8. The molecule has 4 aliphatic carbocycles. The van der Waals surface area contributed by atoms with Crippen LogP contribution in [0, 0.1) is 39.9 Å². The molecule has 0 unspecified atom stereocenters. The third-order valence-electron chi connectivity index (χ3n) is 11.5. The van der Waals surface area contributed by atoms with Crippen LogP contribution in [0.5, 0.6) is 0 Å². The molecular weight excluding hydrogens is 412 g/mol. The van der Waals surface area contributed by atoms with Gasteiger partial charge in [0.05, 0.1) is 12.2 Å². The first kappa shape index (κ1) is 23.6. The molecule has 0 radical (unpaired) electrons. The molecule has 1 heterocycles. The molecule has 4 nitrogen and oxygen atoms in total. The predicted molar refractivity (Wildman–Crippen MR) is 129 cm³/mol. The van der Waals surface area contributed by atoms with Crippen LogP contribution >= 0.6 is 0 Å². The van der Waals surface area contributed by atoms with Gasteiger partial charge in [-0.15, -0.1) is 0 Å². The fourth-order valence-corrected chi connectivity index (χ4v) is 9.78. The molecule has 0 saturated heterocycles. The third kappa shape index (κ3) is 3.12. The highest BCUT2D eigenvalue weighted by Gasteiger charge is 2.71. The maximum atomic E-state index is 12.8. The fraction of sp³-hybridized carbons (Fsp3) is 0.828. The second-order valence-corrected chi connectivity index (χ2v) is 13.1. The summed E-state index contributed by atoms with van der Waals surface area (Å²) in [5, 5.41) is 22.4. The van der Waals surface area contributed by atoms with E-state index in [0.717, 1.165) is 56.9 Å². The lowest BCUT2D eigenvalue weighted by molar-refractivity contribution is -0.234. The summed E-state index contributed by atoms with van der Waals surface area (Å²) in [6.07, 6.45) is 8.80. The van der Waals surface area contributed by atoms with Crippen molar-refractivity contribution < 1.29 is 19.7 Å². The van der Waals surface area contributed by atoms with Crippen LogP contribution in [0.4, 0.5) is 0 Å². The van der Waals surface area contributed by atoms with E-state index in [1.807, 2.05) is 0 Å². The van der Waals surface area contributed by atoms with E-state index >= 15 is 0 Å². The quantitative estimate of drug-likeness (QED) is 0.430. The Kier molecular flexibility index (Phi) is 5.50. The third-order valence-corrected chi connectivity index (χ3v) is 11.5. The summed E-state index contributed by atoms with van der Waals surface area (Å²) in [5.41, 5.74) is 3.47. The zero-order valence-electron chi connectivity index (χ0n) is 21.5. The average Bonchev–Trinajstić information content (AvgIpc) is 3.17. The molecular formula is C29H44O4. The van der Waals surface area contributed by atoms with Crippen molar-refractivity contribution in [3.8, 4) is 0 Å². The molecule has 2 N–H and O–H groups in total. The van der Waals surface area contributed by atoms with E-state index in [-0.39, 0.29) is 52.4 Å². The monoisotopic (exact) mass is 456 g/mol. The van der Waals surface area contributed by atoms with Crippen molar-refractivity contribution in [1.82, 2.24) is 0 Å². The van der Waals surface area contributed by atoms with E-state index in [1.165, 1.54) is 11.1 Å². The Hall–Kier alpha value is -1.13. The number of ether oxygens (including phenoxy) is 1. The van der Waals surface area contributed by atoms with E-state index in [4.69, 9.17) is 4.74 Å². The van der Waals surface area contributed by atoms with Crippen LogP contribution in [-0.2, 0) is 9.53 Å². The number of hydrogen-bond donors (Lipinski definition) is 2. The lowest BCUT2D eigenvalue weighted by Gasteiger charge is -2.69. The van der Waals surface area contributed by atoms with Crippen molar-refractivity contribution in [1.29, 1.82) is 0 Å². The van der Waals surface area contributed by atoms with Gasteiger partial charge in [0.25, 0.3) is 0 Å². The Morgan fingerprint density at radius 1 is 1.09 bits per heavy atom. The molecule has 0 aromatic heterocycles. The van der Waals surface area contributed by atoms with Crippen molar-refractivity contribution in [3.05, 3.63) is 22.8 Å². The Morgan fingerprint density at radius 3 is 2.52 bits per heavy atom. The smallest absolute Gasteiger partial charge is 0.334 e. The molecule has 5 aliphatic rings. The highest BCUT2D eigenvalue weighted by atomic mass is 16.5. The minimum Gasteiger partial charge on any atom is -0.454 e. The topological polar surface area (TPSA) is 66.8 Å². The molecule has 4 heteroatoms. The highest BCUT2D eigenvalue weighted by molar-refractivity contribution is 5.92. The molecule has 5 rings (SSSR count). The highest BCUT2D eigenvalue weighted by Crippen LogP contribution is 2.74. The first-order valence-electron chi connectivity index (χ1n) is 13.4. The number of fused-ring (bicyclic) bond motifs is 7. The SMILES string of the molecule is CC(C)=CCCC1=C2[C@H](C[C@]3(C)[C@@H]2C[C@@H](O)[C@@H]2[C@@]4(C)CC[C@@H](O)[C@@H](C)[C@@H]4CC[C@]23C)OC1=O. The van der Waals surface area contributed by atoms with Crippen molar-refractivity contribution in [2.24, 2.45) is 39.9 Å². The zero-order chi connectivity index (χ0) is 23.9. The van der Waals surface area contributed by atoms with Gasteiger partial charge < -0.3 is 14.9 Å². The normalized spacial score (nSPS) is 50.8. The summed E-state index contributed by atoms with van der Waals surface area (Å²) in [6, 6.07) is 0. The van der Waals surface area contributed by atoms with E-state index in [9.17, 15) is 15.0 Å². The molecule has 1 aliphatic heterocycles. The first-order chi connectivity index (χ1) is 15.4. The van der Waals surface area contributed by atoms with Gasteiger partial charge in [-0.1, -0.05) is 39.3 Å². The molecule has 10 atom stereocenters. The molecule has 33 heavy (non-hydrogen) atoms. The van der Waals surface area contributed by atoms with Gasteiger partial charge in [-0.05, 0) is 111 Å². The molecule has 0 amide bonds. The second-order valence-electron chi connectivity index (χ2n) is 13.1. The Bertz CT molecular complexity index is 899. The number of esters is 1. The zero-order valence-corrected chi connectivity index (χ0v) is 21.5. The molecule has 4 fully saturated rings. The minimum atomic E-state index is -0.371. The Morgan fingerprint density at radius 2 is 1.82 bits per heavy atom. The van der Waals surface area contributed by atoms with E-state index < -0.39 is 0 Å². The predicted octanol–water partition coefficient (Wildman–Crippen LogP) is 5.58. The number of hydrogen-bond acceptors (Lipinski definition) is 4. The van der Waals surface area contributed by atoms with Crippen LogP contribution in [-0.4, -0.2) is 34.5 Å². The second kappa shape index (κ2) is 7.68. The number of rotatable bonds is 3. The molecule has 0 aromatic carbocycles. The Labute approximate surface area is 199 Å². The molecule has 184 valence electrons. The van der Waals surface area contributed by atoms with Crippen molar-refractivity contribution in [2.75, 3.05) is 0 Å². The number of aliphatic hydroxyl groups is 2. The maximum Gasteiger partial charge on any atom is 0.334 e. The summed E-state index contributed by atoms with van der Waals surface area (Å²) < 4.78 is 5.99. The number of allylic oxidation sites excluding steroid dienone is 2. The van der Waals surface area contributed by atoms with Gasteiger partial charge in [-0.25, -0.2) is 4.79 Å². The van der Waals surface area contributed by atoms with Gasteiger partial charge in [-0.3, -0.25) is 0 Å². The standard InChI is InChI=1S/C29H44O4/c1-16(2)8-7-9-18-24-20-14-22(31)25-27(4)12-11-21(30)17(3)19(27)10-13-28(25,5)29(20,6)15-23(24)33-26(18)32/h8,17,19-23,25,30-31H,7,9-15H2,1-6H3/t17-,19-,20+,21+,22+,23-,25+,27-,28+,29+/m0/s1. The van der Waals surface area contributed by atoms with Crippen molar-refractivity contribution in [3.63, 3.8) is 0 Å². The summed E-state index contributed by atoms with van der Waals surface area (Å²) in [4.78, 5) is 12.8. The molecule has 0 spiro atoms. The Balaban J connectivity index is 1.53. The fourth-order valence-electron chi connectivity index (χ4n) is 9.78. The lowest BCUT2D eigenvalue weighted by atomic mass is 9.36. The largest absolute Gasteiger partial charge is 0.454 e. The van der Waals surface area contributed by atoms with E-state index in [0.29, 0.717) is 11.8 Å². The average molecular weight is 457 g/mol. The van der Waals surface area contributed by atoms with E-state index in [1.54, 1.807) is 0 Å². The number of carbonyl (C=O) groups excluding carboxylic acids is 1. The number of aliphatic hydroxyl groups excluding tert-OH is 2. The van der Waals surface area contributed by atoms with Gasteiger partial charge in [0.1, 0.15) is 6.10 Å². The van der Waals surface area contributed by atoms with Gasteiger partial charge in [-0.2, -0.15) is 0 Å². The molecule has 4 saturated carbocycles. The molecule has 0 aromatic rings. The minimum absolute atomic E-state index is 0.00262. The van der Waals surface area contributed by atoms with Gasteiger partial charge in [0, 0.05) is 5.57 Å². The van der Waals surface area contributed by atoms with Crippen molar-refractivity contribution >= 4 is 5.97 Å². The summed E-state index contributed by atoms with van der Waals surface area (Å²) in [5.74, 6) is 1.08. The van der Waals surface area contributed by atoms with Crippen molar-refractivity contribution in [2.45, 2.75) is 111 Å². The molecule has 0 bridgehead atoms. The van der Waals surface area contributed by atoms with Gasteiger partial charge >= 0.3 is 5.97 Å². The van der Waals surface area contributed by atoms with Crippen LogP contribution in [0.15, 0.2) is 22.8 Å². The summed E-state index contributed by atoms with van der Waals surface area (Å²) >= 11 is 0. The van der Waals surface area contributed by atoms with Crippen LogP contribution < -0.4 is 0 Å². The first-order valence-corrected chi connectivity index (χ1v) is 13.4. The van der Waals surface area contributed by atoms with E-state index in [2.05, 4.69) is 47.6 Å². The van der Waals surface area contributed by atoms with Crippen LogP contribution in [0.25, 0.3) is 0 Å². The summed E-state index contributed by atoms with van der Waals surface area (Å²) in [7, 11) is 0. The van der Waals surface area contributed by atoms with Crippen LogP contribution in [0.1, 0.15) is 92.9 Å². The van der Waals surface area contributed by atoms with Gasteiger partial charge in [0.2, 0.25) is 0 Å². The summed E-state index contributed by atoms with van der Waals surface area (Å²) in [6.45, 7) is 13.7. The van der Waals surface area contributed by atoms with Crippen LogP contribution in [0.3, 0.4) is 0 Å². The van der Waals surface area contributed by atoms with Gasteiger partial charge in [0.15, 0.2) is 0 Å².